The van der Waals surface area contributed by atoms with Crippen LogP contribution in [0.5, 0.6) is 0 Å². The molecule has 0 spiro atoms. The number of amides is 1. The Bertz CT molecular complexity index is 416. The maximum Gasteiger partial charge on any atom is 0.244 e. The summed E-state index contributed by atoms with van der Waals surface area (Å²) in [7, 11) is 0. The van der Waals surface area contributed by atoms with Gasteiger partial charge in [0, 0.05) is 10.5 Å². The monoisotopic (exact) mass is 332 g/mol. The van der Waals surface area contributed by atoms with Gasteiger partial charge in [-0.25, -0.2) is 0 Å². The van der Waals surface area contributed by atoms with Crippen molar-refractivity contribution >= 4 is 34.2 Å². The molecule has 0 saturated heterocycles. The van der Waals surface area contributed by atoms with Crippen LogP contribution < -0.4 is 11.1 Å². The summed E-state index contributed by atoms with van der Waals surface area (Å²) < 4.78 is 0.983. The van der Waals surface area contributed by atoms with Crippen molar-refractivity contribution in [3.8, 4) is 0 Å². The normalized spacial score (nSPS) is 18.2. The molecular weight excluding hydrogens is 316 g/mol. The first-order chi connectivity index (χ1) is 8.00. The number of carbonyl (C=O) groups is 1. The van der Waals surface area contributed by atoms with E-state index in [1.54, 1.807) is 6.92 Å². The molecule has 0 aliphatic heterocycles. The molecule has 1 unspecified atom stereocenters. The van der Waals surface area contributed by atoms with Crippen molar-refractivity contribution in [3.05, 3.63) is 34.3 Å². The zero-order valence-corrected chi connectivity index (χ0v) is 12.7. The molecule has 1 amide bonds. The van der Waals surface area contributed by atoms with Gasteiger partial charge in [-0.1, -0.05) is 28.1 Å². The van der Waals surface area contributed by atoms with Crippen LogP contribution in [-0.4, -0.2) is 11.9 Å². The molecule has 1 aromatic rings. The number of hydrogen-bond donors (Lipinski definition) is 2. The number of hydrogen-bond acceptors (Lipinski definition) is 2. The molecule has 1 atom stereocenters. The maximum absolute atomic E-state index is 12.1. The Morgan fingerprint density at radius 2 is 1.94 bits per heavy atom. The number of carbonyl (C=O) groups excluding carboxylic acids is 1. The predicted molar refractivity (Wildman–Crippen MR) is 78.7 cm³/mol. The maximum atomic E-state index is 12.1. The van der Waals surface area contributed by atoms with Crippen molar-refractivity contribution in [1.29, 1.82) is 0 Å². The first-order valence-electron chi connectivity index (χ1n) is 5.86. The quantitative estimate of drug-likeness (QED) is 0.893. The molecule has 0 heterocycles. The molecule has 1 aromatic carbocycles. The van der Waals surface area contributed by atoms with Gasteiger partial charge in [-0.05, 0) is 43.9 Å². The van der Waals surface area contributed by atoms with Crippen molar-refractivity contribution in [3.63, 3.8) is 0 Å². The fourth-order valence-corrected chi connectivity index (χ4v) is 2.08. The largest absolute Gasteiger partial charge is 0.351 e. The molecule has 0 bridgehead atoms. The van der Waals surface area contributed by atoms with Crippen LogP contribution in [-0.2, 0) is 10.3 Å². The van der Waals surface area contributed by atoms with E-state index < -0.39 is 5.54 Å². The molecule has 0 aromatic heterocycles. The van der Waals surface area contributed by atoms with Crippen LogP contribution in [0.2, 0.25) is 0 Å². The number of nitrogens with one attached hydrogen (secondary N) is 1. The Hall–Kier alpha value is -0.580. The highest BCUT2D eigenvalue weighted by Crippen LogP contribution is 2.23. The fourth-order valence-electron chi connectivity index (χ4n) is 1.82. The Kier molecular flexibility index (Phi) is 5.20. The molecule has 100 valence electrons. The van der Waals surface area contributed by atoms with Crippen LogP contribution in [0.15, 0.2) is 28.7 Å². The minimum absolute atomic E-state index is 0. The van der Waals surface area contributed by atoms with E-state index in [2.05, 4.69) is 21.2 Å². The molecule has 1 aliphatic carbocycles. The van der Waals surface area contributed by atoms with Crippen LogP contribution in [0.4, 0.5) is 0 Å². The molecule has 5 heteroatoms. The zero-order chi connectivity index (χ0) is 12.5. The molecular formula is C13H18BrClN2O. The fraction of sp³-hybridized carbons (Fsp3) is 0.462. The topological polar surface area (TPSA) is 55.1 Å². The summed E-state index contributed by atoms with van der Waals surface area (Å²) >= 11 is 3.37. The van der Waals surface area contributed by atoms with Crippen LogP contribution in [0, 0.1) is 0 Å². The minimum Gasteiger partial charge on any atom is -0.351 e. The number of rotatable bonds is 3. The van der Waals surface area contributed by atoms with Crippen molar-refractivity contribution < 1.29 is 4.79 Å². The van der Waals surface area contributed by atoms with E-state index in [1.807, 2.05) is 24.3 Å². The molecule has 0 radical (unpaired) electrons. The summed E-state index contributed by atoms with van der Waals surface area (Å²) in [5.74, 6) is -0.0930. The van der Waals surface area contributed by atoms with Crippen molar-refractivity contribution in [2.45, 2.75) is 37.8 Å². The number of benzene rings is 1. The first kappa shape index (κ1) is 15.5. The standard InChI is InChI=1S/C13H17BrN2O.ClH/c1-13(15,9-5-7-10(14)8-6-9)12(17)16-11-3-2-4-11;/h5-8,11H,2-4,15H2,1H3,(H,16,17);1H. The zero-order valence-electron chi connectivity index (χ0n) is 10.3. The van der Waals surface area contributed by atoms with E-state index in [1.165, 1.54) is 6.42 Å². The van der Waals surface area contributed by atoms with Gasteiger partial charge in [-0.3, -0.25) is 4.79 Å². The van der Waals surface area contributed by atoms with E-state index in [4.69, 9.17) is 5.73 Å². The molecule has 3 nitrogen and oxygen atoms in total. The summed E-state index contributed by atoms with van der Waals surface area (Å²) in [4.78, 5) is 12.1. The SMILES string of the molecule is CC(N)(C(=O)NC1CCC1)c1ccc(Br)cc1.Cl. The van der Waals surface area contributed by atoms with Gasteiger partial charge in [0.25, 0.3) is 0 Å². The average molecular weight is 334 g/mol. The lowest BCUT2D eigenvalue weighted by molar-refractivity contribution is -0.127. The van der Waals surface area contributed by atoms with E-state index in [0.29, 0.717) is 6.04 Å². The summed E-state index contributed by atoms with van der Waals surface area (Å²) in [6.45, 7) is 1.75. The third kappa shape index (κ3) is 3.25. The van der Waals surface area contributed by atoms with E-state index in [-0.39, 0.29) is 18.3 Å². The van der Waals surface area contributed by atoms with Crippen molar-refractivity contribution in [2.75, 3.05) is 0 Å². The summed E-state index contributed by atoms with van der Waals surface area (Å²) in [5, 5.41) is 2.99. The van der Waals surface area contributed by atoms with Gasteiger partial charge in [0.2, 0.25) is 5.91 Å². The summed E-state index contributed by atoms with van der Waals surface area (Å²) in [6.07, 6.45) is 3.34. The van der Waals surface area contributed by atoms with Gasteiger partial charge in [-0.2, -0.15) is 0 Å². The van der Waals surface area contributed by atoms with Crippen LogP contribution >= 0.6 is 28.3 Å². The molecule has 1 fully saturated rings. The average Bonchev–Trinajstić information content (AvgIpc) is 2.23. The summed E-state index contributed by atoms with van der Waals surface area (Å²) in [5.41, 5.74) is 6.00. The van der Waals surface area contributed by atoms with E-state index in [9.17, 15) is 4.79 Å². The molecule has 18 heavy (non-hydrogen) atoms. The van der Waals surface area contributed by atoms with Crippen molar-refractivity contribution in [2.24, 2.45) is 5.73 Å². The van der Waals surface area contributed by atoms with Gasteiger partial charge in [0.05, 0.1) is 0 Å². The molecule has 1 saturated carbocycles. The first-order valence-corrected chi connectivity index (χ1v) is 6.65. The number of nitrogens with two attached hydrogens (primary N) is 1. The third-order valence-electron chi connectivity index (χ3n) is 3.36. The second-order valence-corrected chi connectivity index (χ2v) is 5.73. The van der Waals surface area contributed by atoms with E-state index in [0.717, 1.165) is 22.9 Å². The van der Waals surface area contributed by atoms with Gasteiger partial charge < -0.3 is 11.1 Å². The van der Waals surface area contributed by atoms with Gasteiger partial charge in [0.1, 0.15) is 5.54 Å². The van der Waals surface area contributed by atoms with Crippen molar-refractivity contribution in [1.82, 2.24) is 5.32 Å². The van der Waals surface area contributed by atoms with Gasteiger partial charge in [0.15, 0.2) is 0 Å². The lowest BCUT2D eigenvalue weighted by Gasteiger charge is -2.31. The lowest BCUT2D eigenvalue weighted by atomic mass is 9.89. The molecule has 3 N–H and O–H groups in total. The Morgan fingerprint density at radius 3 is 2.39 bits per heavy atom. The highest BCUT2D eigenvalue weighted by atomic mass is 79.9. The van der Waals surface area contributed by atoms with E-state index >= 15 is 0 Å². The highest BCUT2D eigenvalue weighted by molar-refractivity contribution is 9.10. The predicted octanol–water partition coefficient (Wildman–Crippen LogP) is 2.71. The third-order valence-corrected chi connectivity index (χ3v) is 3.88. The summed E-state index contributed by atoms with van der Waals surface area (Å²) in [6, 6.07) is 7.88. The van der Waals surface area contributed by atoms with Gasteiger partial charge in [-0.15, -0.1) is 12.4 Å². The Labute approximate surface area is 122 Å². The second kappa shape index (κ2) is 6.04. The number of halogens is 2. The Morgan fingerprint density at radius 1 is 1.39 bits per heavy atom. The smallest absolute Gasteiger partial charge is 0.244 e. The Balaban J connectivity index is 0.00000162. The van der Waals surface area contributed by atoms with Crippen LogP contribution in [0.1, 0.15) is 31.7 Å². The lowest BCUT2D eigenvalue weighted by Crippen LogP contribution is -2.53. The second-order valence-electron chi connectivity index (χ2n) is 4.81. The van der Waals surface area contributed by atoms with Gasteiger partial charge >= 0.3 is 0 Å². The molecule has 1 aliphatic rings. The molecule has 2 rings (SSSR count). The minimum atomic E-state index is -0.962. The highest BCUT2D eigenvalue weighted by Gasteiger charge is 2.33. The van der Waals surface area contributed by atoms with Crippen LogP contribution in [0.25, 0.3) is 0 Å². The van der Waals surface area contributed by atoms with Crippen LogP contribution in [0.3, 0.4) is 0 Å².